The Bertz CT molecular complexity index is 592. The first kappa shape index (κ1) is 15.9. The Morgan fingerprint density at radius 1 is 1.62 bits per heavy atom. The summed E-state index contributed by atoms with van der Waals surface area (Å²) in [6.45, 7) is 2.55. The highest BCUT2D eigenvalue weighted by molar-refractivity contribution is 7.89. The van der Waals surface area contributed by atoms with E-state index in [4.69, 9.17) is 9.84 Å². The first-order valence-corrected chi connectivity index (χ1v) is 8.23. The van der Waals surface area contributed by atoms with Gasteiger partial charge in [-0.15, -0.1) is 0 Å². The van der Waals surface area contributed by atoms with E-state index in [0.29, 0.717) is 19.6 Å². The number of carbonyl (C=O) groups is 1. The van der Waals surface area contributed by atoms with Crippen LogP contribution in [-0.2, 0) is 19.6 Å². The van der Waals surface area contributed by atoms with E-state index in [1.165, 1.54) is 12.4 Å². The highest BCUT2D eigenvalue weighted by atomic mass is 32.2. The van der Waals surface area contributed by atoms with Crippen LogP contribution < -0.4 is 0 Å². The molecule has 1 aromatic heterocycles. The molecular weight excluding hydrogens is 298 g/mol. The lowest BCUT2D eigenvalue weighted by Gasteiger charge is -2.18. The molecule has 9 heteroatoms. The van der Waals surface area contributed by atoms with E-state index in [9.17, 15) is 13.2 Å². The monoisotopic (exact) mass is 317 g/mol. The van der Waals surface area contributed by atoms with Crippen molar-refractivity contribution >= 4 is 16.0 Å². The molecule has 21 heavy (non-hydrogen) atoms. The average Bonchev–Trinajstić information content (AvgIpc) is 3.08. The summed E-state index contributed by atoms with van der Waals surface area (Å²) in [5.41, 5.74) is 0. The predicted octanol–water partition coefficient (Wildman–Crippen LogP) is 0.330. The predicted molar refractivity (Wildman–Crippen MR) is 73.4 cm³/mol. The van der Waals surface area contributed by atoms with E-state index in [1.54, 1.807) is 11.6 Å². The zero-order valence-corrected chi connectivity index (χ0v) is 12.6. The second-order valence-corrected chi connectivity index (χ2v) is 6.84. The van der Waals surface area contributed by atoms with Gasteiger partial charge in [-0.25, -0.2) is 8.42 Å². The molecular formula is C12H19N3O5S. The largest absolute Gasteiger partial charge is 0.480 e. The molecule has 0 amide bonds. The Morgan fingerprint density at radius 2 is 2.38 bits per heavy atom. The van der Waals surface area contributed by atoms with Crippen LogP contribution in [0.5, 0.6) is 0 Å². The van der Waals surface area contributed by atoms with Gasteiger partial charge in [0.15, 0.2) is 0 Å². The SMILES string of the molecule is CCCN(CC(=O)O)S(=O)(=O)c1cnn(C2CCOC2)c1. The fourth-order valence-corrected chi connectivity index (χ4v) is 3.64. The van der Waals surface area contributed by atoms with Gasteiger partial charge in [-0.05, 0) is 12.8 Å². The molecule has 0 aliphatic carbocycles. The first-order chi connectivity index (χ1) is 9.95. The van der Waals surface area contributed by atoms with Crippen molar-refractivity contribution in [2.24, 2.45) is 0 Å². The van der Waals surface area contributed by atoms with E-state index in [-0.39, 0.29) is 17.5 Å². The lowest BCUT2D eigenvalue weighted by atomic mass is 10.3. The maximum atomic E-state index is 12.5. The maximum absolute atomic E-state index is 12.5. The van der Waals surface area contributed by atoms with Gasteiger partial charge in [-0.3, -0.25) is 9.48 Å². The molecule has 0 radical (unpaired) electrons. The van der Waals surface area contributed by atoms with Gasteiger partial charge in [0.1, 0.15) is 11.4 Å². The van der Waals surface area contributed by atoms with Crippen molar-refractivity contribution in [3.05, 3.63) is 12.4 Å². The summed E-state index contributed by atoms with van der Waals surface area (Å²) in [6, 6.07) is 0.0352. The van der Waals surface area contributed by atoms with Crippen LogP contribution in [0.2, 0.25) is 0 Å². The van der Waals surface area contributed by atoms with Crippen molar-refractivity contribution in [1.29, 1.82) is 0 Å². The number of aromatic nitrogens is 2. The summed E-state index contributed by atoms with van der Waals surface area (Å²) < 4.78 is 32.7. The van der Waals surface area contributed by atoms with Gasteiger partial charge in [0.25, 0.3) is 0 Å². The quantitative estimate of drug-likeness (QED) is 0.777. The standard InChI is InChI=1S/C12H19N3O5S/c1-2-4-14(8-12(16)17)21(18,19)11-6-13-15(7-11)10-3-5-20-9-10/h6-7,10H,2-5,8-9H2,1H3,(H,16,17). The van der Waals surface area contributed by atoms with Crippen LogP contribution in [0.1, 0.15) is 25.8 Å². The molecule has 0 spiro atoms. The second kappa shape index (κ2) is 6.54. The highest BCUT2D eigenvalue weighted by Gasteiger charge is 2.28. The van der Waals surface area contributed by atoms with Crippen LogP contribution in [0.3, 0.4) is 0 Å². The van der Waals surface area contributed by atoms with Crippen LogP contribution in [0.4, 0.5) is 0 Å². The molecule has 0 bridgehead atoms. The highest BCUT2D eigenvalue weighted by Crippen LogP contribution is 2.21. The summed E-state index contributed by atoms with van der Waals surface area (Å²) in [7, 11) is -3.84. The number of hydrogen-bond donors (Lipinski definition) is 1. The Hall–Kier alpha value is -1.45. The summed E-state index contributed by atoms with van der Waals surface area (Å²) >= 11 is 0. The number of nitrogens with zero attached hydrogens (tertiary/aromatic N) is 3. The number of ether oxygens (including phenoxy) is 1. The van der Waals surface area contributed by atoms with Crippen LogP contribution in [0, 0.1) is 0 Å². The van der Waals surface area contributed by atoms with Crippen LogP contribution >= 0.6 is 0 Å². The molecule has 1 aromatic rings. The topological polar surface area (TPSA) is 102 Å². The van der Waals surface area contributed by atoms with Gasteiger partial charge in [-0.1, -0.05) is 6.92 Å². The molecule has 1 fully saturated rings. The lowest BCUT2D eigenvalue weighted by molar-refractivity contribution is -0.137. The van der Waals surface area contributed by atoms with Crippen LogP contribution in [0.15, 0.2) is 17.3 Å². The lowest BCUT2D eigenvalue weighted by Crippen LogP contribution is -2.36. The number of carboxylic acids is 1. The fraction of sp³-hybridized carbons (Fsp3) is 0.667. The van der Waals surface area contributed by atoms with E-state index >= 15 is 0 Å². The van der Waals surface area contributed by atoms with Crippen molar-refractivity contribution in [3.63, 3.8) is 0 Å². The Labute approximate surface area is 123 Å². The maximum Gasteiger partial charge on any atom is 0.318 e. The van der Waals surface area contributed by atoms with E-state index in [1.807, 2.05) is 0 Å². The normalized spacial score (nSPS) is 19.2. The van der Waals surface area contributed by atoms with E-state index < -0.39 is 22.5 Å². The van der Waals surface area contributed by atoms with Gasteiger partial charge in [0.2, 0.25) is 10.0 Å². The Morgan fingerprint density at radius 3 is 2.95 bits per heavy atom. The van der Waals surface area contributed by atoms with Crippen molar-refractivity contribution < 1.29 is 23.1 Å². The summed E-state index contributed by atoms with van der Waals surface area (Å²) in [5.74, 6) is -1.18. The number of carboxylic acid groups (broad SMARTS) is 1. The third-order valence-electron chi connectivity index (χ3n) is 3.28. The first-order valence-electron chi connectivity index (χ1n) is 6.79. The second-order valence-electron chi connectivity index (χ2n) is 4.91. The zero-order valence-electron chi connectivity index (χ0n) is 11.8. The minimum absolute atomic E-state index is 0.0177. The third-order valence-corrected chi connectivity index (χ3v) is 5.08. The van der Waals surface area contributed by atoms with Gasteiger partial charge in [-0.2, -0.15) is 9.40 Å². The van der Waals surface area contributed by atoms with Crippen molar-refractivity contribution in [2.75, 3.05) is 26.3 Å². The van der Waals surface area contributed by atoms with Crippen LogP contribution in [-0.4, -0.2) is 59.9 Å². The smallest absolute Gasteiger partial charge is 0.318 e. The zero-order chi connectivity index (χ0) is 15.5. The summed E-state index contributed by atoms with van der Waals surface area (Å²) in [6.07, 6.45) is 4.03. The Balaban J connectivity index is 2.22. The van der Waals surface area contributed by atoms with Gasteiger partial charge in [0, 0.05) is 19.3 Å². The molecule has 1 aliphatic rings. The molecule has 0 saturated carbocycles. The Kier molecular flexibility index (Phi) is 4.96. The molecule has 1 aliphatic heterocycles. The van der Waals surface area contributed by atoms with Crippen molar-refractivity contribution in [3.8, 4) is 0 Å². The molecule has 2 rings (SSSR count). The number of rotatable bonds is 7. The molecule has 1 atom stereocenters. The van der Waals surface area contributed by atoms with E-state index in [0.717, 1.165) is 10.7 Å². The molecule has 8 nitrogen and oxygen atoms in total. The number of hydrogen-bond acceptors (Lipinski definition) is 5. The molecule has 1 saturated heterocycles. The minimum Gasteiger partial charge on any atom is -0.480 e. The molecule has 118 valence electrons. The van der Waals surface area contributed by atoms with Gasteiger partial charge >= 0.3 is 5.97 Å². The van der Waals surface area contributed by atoms with E-state index in [2.05, 4.69) is 5.10 Å². The number of sulfonamides is 1. The molecule has 1 unspecified atom stereocenters. The van der Waals surface area contributed by atoms with Gasteiger partial charge in [0.05, 0.1) is 18.8 Å². The molecule has 1 N–H and O–H groups in total. The van der Waals surface area contributed by atoms with Crippen molar-refractivity contribution in [2.45, 2.75) is 30.7 Å². The van der Waals surface area contributed by atoms with Crippen molar-refractivity contribution in [1.82, 2.24) is 14.1 Å². The minimum atomic E-state index is -3.84. The third kappa shape index (κ3) is 3.60. The van der Waals surface area contributed by atoms with Gasteiger partial charge < -0.3 is 9.84 Å². The summed E-state index contributed by atoms with van der Waals surface area (Å²) in [4.78, 5) is 10.9. The fourth-order valence-electron chi connectivity index (χ4n) is 2.22. The number of aliphatic carboxylic acids is 1. The molecule has 2 heterocycles. The summed E-state index contributed by atoms with van der Waals surface area (Å²) in [5, 5.41) is 12.9. The molecule has 0 aromatic carbocycles. The van der Waals surface area contributed by atoms with Crippen LogP contribution in [0.25, 0.3) is 0 Å². The average molecular weight is 317 g/mol.